The Kier molecular flexibility index (Phi) is 3.12. The lowest BCUT2D eigenvalue weighted by Crippen LogP contribution is -2.01. The van der Waals surface area contributed by atoms with E-state index in [0.717, 1.165) is 16.0 Å². The van der Waals surface area contributed by atoms with Crippen LogP contribution in [0.3, 0.4) is 0 Å². The second-order valence-corrected chi connectivity index (χ2v) is 6.58. The van der Waals surface area contributed by atoms with E-state index in [9.17, 15) is 0 Å². The largest absolute Gasteiger partial charge is 0.271 e. The highest BCUT2D eigenvalue weighted by molar-refractivity contribution is 14.1. The van der Waals surface area contributed by atoms with E-state index in [1.807, 2.05) is 10.6 Å². The van der Waals surface area contributed by atoms with Crippen LogP contribution >= 0.6 is 50.7 Å². The number of hydrogen-bond donors (Lipinski definition) is 1. The van der Waals surface area contributed by atoms with Crippen molar-refractivity contribution in [1.82, 2.24) is 14.8 Å². The molecule has 0 bridgehead atoms. The molecule has 1 heterocycles. The molecular weight excluding hydrogens is 413 g/mol. The van der Waals surface area contributed by atoms with Gasteiger partial charge in [0.05, 0.1) is 5.69 Å². The van der Waals surface area contributed by atoms with Crippen LogP contribution in [0.1, 0.15) is 24.6 Å². The number of nitrogens with one attached hydrogen (secondary N) is 1. The van der Waals surface area contributed by atoms with Crippen molar-refractivity contribution >= 4 is 50.7 Å². The Labute approximate surface area is 126 Å². The molecule has 1 aliphatic rings. The lowest BCUT2D eigenvalue weighted by atomic mass is 10.3. The topological polar surface area (TPSA) is 33.6 Å². The lowest BCUT2D eigenvalue weighted by Gasteiger charge is -2.08. The molecule has 1 saturated carbocycles. The first-order chi connectivity index (χ1) is 8.16. The molecule has 1 aliphatic carbocycles. The van der Waals surface area contributed by atoms with Crippen molar-refractivity contribution in [2.24, 2.45) is 0 Å². The number of aromatic amines is 1. The van der Waals surface area contributed by atoms with Gasteiger partial charge < -0.3 is 0 Å². The van der Waals surface area contributed by atoms with E-state index in [1.54, 1.807) is 0 Å². The monoisotopic (exact) mass is 421 g/mol. The molecule has 3 nitrogen and oxygen atoms in total. The molecular formula is C11H9BrIN3S. The number of rotatable bonds is 2. The molecule has 3 rings (SSSR count). The van der Waals surface area contributed by atoms with Gasteiger partial charge in [-0.15, -0.1) is 0 Å². The van der Waals surface area contributed by atoms with Gasteiger partial charge in [-0.3, -0.25) is 9.67 Å². The number of hydrogen-bond acceptors (Lipinski definition) is 2. The highest BCUT2D eigenvalue weighted by Crippen LogP contribution is 2.40. The van der Waals surface area contributed by atoms with Gasteiger partial charge in [0.1, 0.15) is 5.82 Å². The van der Waals surface area contributed by atoms with Crippen molar-refractivity contribution in [1.29, 1.82) is 0 Å². The molecule has 2 aromatic rings. The van der Waals surface area contributed by atoms with E-state index < -0.39 is 0 Å². The zero-order chi connectivity index (χ0) is 12.0. The Balaban J connectivity index is 2.23. The predicted octanol–water partition coefficient (Wildman–Crippen LogP) is 4.17. The van der Waals surface area contributed by atoms with Gasteiger partial charge in [0.15, 0.2) is 4.77 Å². The molecule has 1 N–H and O–H groups in total. The van der Waals surface area contributed by atoms with Gasteiger partial charge in [-0.25, -0.2) is 0 Å². The minimum atomic E-state index is 0.563. The Morgan fingerprint density at radius 2 is 2.24 bits per heavy atom. The van der Waals surface area contributed by atoms with E-state index in [4.69, 9.17) is 12.2 Å². The molecule has 17 heavy (non-hydrogen) atoms. The second kappa shape index (κ2) is 4.47. The van der Waals surface area contributed by atoms with Crippen LogP contribution in [0, 0.1) is 8.34 Å². The predicted molar refractivity (Wildman–Crippen MR) is 81.1 cm³/mol. The van der Waals surface area contributed by atoms with Gasteiger partial charge in [-0.05, 0) is 81.8 Å². The van der Waals surface area contributed by atoms with Crippen LogP contribution in [0.15, 0.2) is 22.7 Å². The van der Waals surface area contributed by atoms with E-state index >= 15 is 0 Å². The zero-order valence-electron chi connectivity index (χ0n) is 8.78. The molecule has 88 valence electrons. The first-order valence-corrected chi connectivity index (χ1v) is 7.57. The molecule has 0 atom stereocenters. The summed E-state index contributed by atoms with van der Waals surface area (Å²) in [5.74, 6) is 1.62. The third-order valence-corrected chi connectivity index (χ3v) is 4.41. The van der Waals surface area contributed by atoms with Crippen molar-refractivity contribution < 1.29 is 0 Å². The first-order valence-electron chi connectivity index (χ1n) is 5.29. The van der Waals surface area contributed by atoms with Crippen molar-refractivity contribution in [3.8, 4) is 5.69 Å². The van der Waals surface area contributed by atoms with Crippen LogP contribution in [0.5, 0.6) is 0 Å². The van der Waals surface area contributed by atoms with Crippen LogP contribution in [0.25, 0.3) is 5.69 Å². The SMILES string of the molecule is S=c1[nH]nc(C2CC2)n1-c1cc(I)ccc1Br. The van der Waals surface area contributed by atoms with Crippen molar-refractivity contribution in [3.63, 3.8) is 0 Å². The van der Waals surface area contributed by atoms with Gasteiger partial charge in [0.2, 0.25) is 0 Å². The zero-order valence-corrected chi connectivity index (χ0v) is 13.3. The average molecular weight is 422 g/mol. The van der Waals surface area contributed by atoms with Crippen molar-refractivity contribution in [2.45, 2.75) is 18.8 Å². The number of benzene rings is 1. The summed E-state index contributed by atoms with van der Waals surface area (Å²) in [6.07, 6.45) is 2.42. The van der Waals surface area contributed by atoms with Gasteiger partial charge in [0, 0.05) is 14.0 Å². The number of halogens is 2. The van der Waals surface area contributed by atoms with Gasteiger partial charge in [0.25, 0.3) is 0 Å². The number of H-pyrrole nitrogens is 1. The standard InChI is InChI=1S/C11H9BrIN3S/c12-8-4-3-7(13)5-9(8)16-10(6-1-2-6)14-15-11(16)17/h3-6H,1-2H2,(H,15,17). The van der Waals surface area contributed by atoms with E-state index in [-0.39, 0.29) is 0 Å². The Hall–Kier alpha value is -0.210. The minimum absolute atomic E-state index is 0.563. The summed E-state index contributed by atoms with van der Waals surface area (Å²) in [5, 5.41) is 7.24. The van der Waals surface area contributed by atoms with Crippen LogP contribution in [-0.2, 0) is 0 Å². The summed E-state index contributed by atoms with van der Waals surface area (Å²) in [6, 6.07) is 6.22. The maximum absolute atomic E-state index is 5.33. The smallest absolute Gasteiger partial charge is 0.199 e. The second-order valence-electron chi connectivity index (χ2n) is 4.09. The van der Waals surface area contributed by atoms with Crippen LogP contribution in [0.4, 0.5) is 0 Å². The van der Waals surface area contributed by atoms with Gasteiger partial charge in [-0.2, -0.15) is 5.10 Å². The minimum Gasteiger partial charge on any atom is -0.271 e. The van der Waals surface area contributed by atoms with Crippen molar-refractivity contribution in [3.05, 3.63) is 36.8 Å². The molecule has 0 amide bonds. The molecule has 0 aliphatic heterocycles. The van der Waals surface area contributed by atoms with E-state index in [2.05, 4.69) is 60.9 Å². The molecule has 1 fully saturated rings. The van der Waals surface area contributed by atoms with Gasteiger partial charge >= 0.3 is 0 Å². The Morgan fingerprint density at radius 1 is 1.47 bits per heavy atom. The highest BCUT2D eigenvalue weighted by Gasteiger charge is 2.29. The van der Waals surface area contributed by atoms with Crippen LogP contribution < -0.4 is 0 Å². The fourth-order valence-corrected chi connectivity index (χ4v) is 2.95. The molecule has 6 heteroatoms. The van der Waals surface area contributed by atoms with Crippen LogP contribution in [-0.4, -0.2) is 14.8 Å². The summed E-state index contributed by atoms with van der Waals surface area (Å²) >= 11 is 11.2. The van der Waals surface area contributed by atoms with Crippen molar-refractivity contribution in [2.75, 3.05) is 0 Å². The molecule has 0 spiro atoms. The van der Waals surface area contributed by atoms with Gasteiger partial charge in [-0.1, -0.05) is 0 Å². The molecule has 0 saturated heterocycles. The summed E-state index contributed by atoms with van der Waals surface area (Å²) in [4.78, 5) is 0. The summed E-state index contributed by atoms with van der Waals surface area (Å²) in [5.41, 5.74) is 1.07. The Morgan fingerprint density at radius 3 is 2.94 bits per heavy atom. The molecule has 1 aromatic carbocycles. The van der Waals surface area contributed by atoms with Crippen LogP contribution in [0.2, 0.25) is 0 Å². The molecule has 0 unspecified atom stereocenters. The van der Waals surface area contributed by atoms with E-state index in [1.165, 1.54) is 16.4 Å². The third kappa shape index (κ3) is 2.22. The lowest BCUT2D eigenvalue weighted by molar-refractivity contribution is 0.866. The Bertz CT molecular complexity index is 630. The maximum atomic E-state index is 5.33. The summed E-state index contributed by atoms with van der Waals surface area (Å²) in [7, 11) is 0. The highest BCUT2D eigenvalue weighted by atomic mass is 127. The van der Waals surface area contributed by atoms with E-state index in [0.29, 0.717) is 10.7 Å². The average Bonchev–Trinajstić information content (AvgIpc) is 3.07. The fraction of sp³-hybridized carbons (Fsp3) is 0.273. The normalized spacial score (nSPS) is 15.2. The number of aromatic nitrogens is 3. The third-order valence-electron chi connectivity index (χ3n) is 2.79. The fourth-order valence-electron chi connectivity index (χ4n) is 1.81. The molecule has 0 radical (unpaired) electrons. The molecule has 1 aromatic heterocycles. The quantitative estimate of drug-likeness (QED) is 0.583. The summed E-state index contributed by atoms with van der Waals surface area (Å²) < 4.78 is 4.93. The summed E-state index contributed by atoms with van der Waals surface area (Å²) in [6.45, 7) is 0. The first kappa shape index (κ1) is 11.9. The number of nitrogens with zero attached hydrogens (tertiary/aromatic N) is 2. The maximum Gasteiger partial charge on any atom is 0.199 e.